The van der Waals surface area contributed by atoms with Crippen molar-refractivity contribution >= 4 is 0 Å². The standard InChI is InChI=1S/C6H10O.C3H6O/c1-3-5-7-6-4-2;1-2-3-4/h3-4H,1-2,5-6H2;2-4H,1H3. The molecule has 0 saturated carbocycles. The van der Waals surface area contributed by atoms with Crippen LogP contribution in [-0.2, 0) is 4.74 Å². The normalized spacial score (nSPS) is 8.45. The molecule has 0 radical (unpaired) electrons. The molecule has 64 valence electrons. The Balaban J connectivity index is 0. The molecule has 0 aliphatic carbocycles. The van der Waals surface area contributed by atoms with Crippen molar-refractivity contribution in [2.24, 2.45) is 0 Å². The third-order valence-corrected chi connectivity index (χ3v) is 0.620. The van der Waals surface area contributed by atoms with E-state index in [1.54, 1.807) is 25.2 Å². The molecular weight excluding hydrogens is 140 g/mol. The van der Waals surface area contributed by atoms with E-state index in [-0.39, 0.29) is 0 Å². The largest absolute Gasteiger partial charge is 0.516 e. The highest BCUT2D eigenvalue weighted by atomic mass is 16.5. The molecule has 0 amide bonds. The number of aliphatic hydroxyl groups is 1. The summed E-state index contributed by atoms with van der Waals surface area (Å²) >= 11 is 0. The van der Waals surface area contributed by atoms with Crippen molar-refractivity contribution in [1.82, 2.24) is 0 Å². The number of hydrogen-bond donors (Lipinski definition) is 1. The topological polar surface area (TPSA) is 29.5 Å². The molecule has 0 aliphatic rings. The van der Waals surface area contributed by atoms with Crippen LogP contribution in [0.1, 0.15) is 6.92 Å². The van der Waals surface area contributed by atoms with Gasteiger partial charge in [-0.25, -0.2) is 0 Å². The first kappa shape index (κ1) is 12.6. The Morgan fingerprint density at radius 2 is 1.64 bits per heavy atom. The molecule has 0 spiro atoms. The van der Waals surface area contributed by atoms with Crippen LogP contribution < -0.4 is 0 Å². The van der Waals surface area contributed by atoms with Crippen LogP contribution >= 0.6 is 0 Å². The molecular formula is C9H16O2. The summed E-state index contributed by atoms with van der Waals surface area (Å²) in [6.45, 7) is 9.93. The number of rotatable bonds is 4. The molecule has 0 heterocycles. The molecule has 2 heteroatoms. The van der Waals surface area contributed by atoms with Gasteiger partial charge in [0.2, 0.25) is 0 Å². The zero-order valence-electron chi connectivity index (χ0n) is 6.99. The van der Waals surface area contributed by atoms with Gasteiger partial charge in [0.25, 0.3) is 0 Å². The molecule has 1 N–H and O–H groups in total. The van der Waals surface area contributed by atoms with Gasteiger partial charge in [-0.3, -0.25) is 0 Å². The molecule has 0 saturated heterocycles. The Labute approximate surface area is 68.5 Å². The van der Waals surface area contributed by atoms with E-state index in [4.69, 9.17) is 9.84 Å². The van der Waals surface area contributed by atoms with E-state index in [1.165, 1.54) is 0 Å². The van der Waals surface area contributed by atoms with E-state index in [1.807, 2.05) is 0 Å². The second kappa shape index (κ2) is 16.0. The minimum absolute atomic E-state index is 0.617. The van der Waals surface area contributed by atoms with Gasteiger partial charge in [0.1, 0.15) is 0 Å². The van der Waals surface area contributed by atoms with Crippen LogP contribution in [0.3, 0.4) is 0 Å². The zero-order chi connectivity index (χ0) is 8.95. The number of ether oxygens (including phenoxy) is 1. The SMILES string of the molecule is C=CCOCC=C.CC=CO. The van der Waals surface area contributed by atoms with Crippen molar-refractivity contribution in [1.29, 1.82) is 0 Å². The highest BCUT2D eigenvalue weighted by Crippen LogP contribution is 1.72. The van der Waals surface area contributed by atoms with Crippen LogP contribution in [-0.4, -0.2) is 18.3 Å². The molecule has 0 rings (SSSR count). The van der Waals surface area contributed by atoms with Gasteiger partial charge in [-0.15, -0.1) is 13.2 Å². The molecule has 0 aromatic rings. The van der Waals surface area contributed by atoms with Gasteiger partial charge in [0.05, 0.1) is 19.5 Å². The number of hydrogen-bond acceptors (Lipinski definition) is 2. The van der Waals surface area contributed by atoms with E-state index in [0.29, 0.717) is 13.2 Å². The van der Waals surface area contributed by atoms with E-state index >= 15 is 0 Å². The Kier molecular flexibility index (Phi) is 18.4. The predicted molar refractivity (Wildman–Crippen MR) is 48.7 cm³/mol. The molecule has 0 bridgehead atoms. The molecule has 11 heavy (non-hydrogen) atoms. The monoisotopic (exact) mass is 156 g/mol. The van der Waals surface area contributed by atoms with E-state index < -0.39 is 0 Å². The van der Waals surface area contributed by atoms with Gasteiger partial charge < -0.3 is 9.84 Å². The quantitative estimate of drug-likeness (QED) is 0.385. The third-order valence-electron chi connectivity index (χ3n) is 0.620. The second-order valence-electron chi connectivity index (χ2n) is 1.60. The first-order valence-electron chi connectivity index (χ1n) is 3.38. The van der Waals surface area contributed by atoms with Crippen molar-refractivity contribution in [2.75, 3.05) is 13.2 Å². The summed E-state index contributed by atoms with van der Waals surface area (Å²) in [5.41, 5.74) is 0. The molecule has 2 nitrogen and oxygen atoms in total. The molecule has 0 unspecified atom stereocenters. The minimum Gasteiger partial charge on any atom is -0.516 e. The van der Waals surface area contributed by atoms with Gasteiger partial charge >= 0.3 is 0 Å². The summed E-state index contributed by atoms with van der Waals surface area (Å²) in [5.74, 6) is 0. The van der Waals surface area contributed by atoms with E-state index in [9.17, 15) is 0 Å². The molecule has 0 aromatic heterocycles. The fourth-order valence-corrected chi connectivity index (χ4v) is 0.235. The van der Waals surface area contributed by atoms with E-state index in [2.05, 4.69) is 13.2 Å². The second-order valence-corrected chi connectivity index (χ2v) is 1.60. The van der Waals surface area contributed by atoms with Crippen LogP contribution in [0.2, 0.25) is 0 Å². The van der Waals surface area contributed by atoms with E-state index in [0.717, 1.165) is 6.26 Å². The Morgan fingerprint density at radius 1 is 1.27 bits per heavy atom. The first-order valence-corrected chi connectivity index (χ1v) is 3.38. The van der Waals surface area contributed by atoms with Crippen LogP contribution in [0, 0.1) is 0 Å². The highest BCUT2D eigenvalue weighted by molar-refractivity contribution is 4.68. The average Bonchev–Trinajstić information content (AvgIpc) is 2.06. The van der Waals surface area contributed by atoms with Crippen LogP contribution in [0.15, 0.2) is 37.6 Å². The van der Waals surface area contributed by atoms with Gasteiger partial charge in [-0.2, -0.15) is 0 Å². The molecule has 0 aliphatic heterocycles. The molecule has 0 aromatic carbocycles. The Morgan fingerprint density at radius 3 is 1.82 bits per heavy atom. The lowest BCUT2D eigenvalue weighted by atomic mass is 10.6. The first-order chi connectivity index (χ1) is 5.33. The third kappa shape index (κ3) is 27.6. The number of aliphatic hydroxyl groups excluding tert-OH is 1. The molecule has 0 atom stereocenters. The fourth-order valence-electron chi connectivity index (χ4n) is 0.235. The van der Waals surface area contributed by atoms with Gasteiger partial charge in [-0.1, -0.05) is 18.2 Å². The van der Waals surface area contributed by atoms with Gasteiger partial charge in [0.15, 0.2) is 0 Å². The lowest BCUT2D eigenvalue weighted by molar-refractivity contribution is 0.194. The fraction of sp³-hybridized carbons (Fsp3) is 0.333. The lowest BCUT2D eigenvalue weighted by Crippen LogP contribution is -1.87. The van der Waals surface area contributed by atoms with Gasteiger partial charge in [0, 0.05) is 0 Å². The average molecular weight is 156 g/mol. The maximum atomic E-state index is 7.69. The summed E-state index contributed by atoms with van der Waals surface area (Å²) in [6, 6.07) is 0. The van der Waals surface area contributed by atoms with Gasteiger partial charge in [-0.05, 0) is 6.92 Å². The summed E-state index contributed by atoms with van der Waals surface area (Å²) in [6.07, 6.45) is 5.98. The number of allylic oxidation sites excluding steroid dienone is 1. The van der Waals surface area contributed by atoms with Crippen molar-refractivity contribution in [2.45, 2.75) is 6.92 Å². The maximum Gasteiger partial charge on any atom is 0.0748 e. The van der Waals surface area contributed by atoms with Crippen molar-refractivity contribution in [3.05, 3.63) is 37.6 Å². The summed E-state index contributed by atoms with van der Waals surface area (Å²) in [4.78, 5) is 0. The highest BCUT2D eigenvalue weighted by Gasteiger charge is 1.70. The van der Waals surface area contributed by atoms with Crippen molar-refractivity contribution < 1.29 is 9.84 Å². The Bertz CT molecular complexity index is 94.1. The lowest BCUT2D eigenvalue weighted by Gasteiger charge is -1.89. The van der Waals surface area contributed by atoms with Crippen LogP contribution in [0.25, 0.3) is 0 Å². The molecule has 0 fully saturated rings. The smallest absolute Gasteiger partial charge is 0.0748 e. The van der Waals surface area contributed by atoms with Crippen molar-refractivity contribution in [3.8, 4) is 0 Å². The zero-order valence-corrected chi connectivity index (χ0v) is 6.99. The summed E-state index contributed by atoms with van der Waals surface area (Å²) in [7, 11) is 0. The van der Waals surface area contributed by atoms with Crippen LogP contribution in [0.4, 0.5) is 0 Å². The summed E-state index contributed by atoms with van der Waals surface area (Å²) in [5, 5.41) is 7.69. The maximum absolute atomic E-state index is 7.69. The Hall–Kier alpha value is -1.02. The van der Waals surface area contributed by atoms with Crippen molar-refractivity contribution in [3.63, 3.8) is 0 Å². The summed E-state index contributed by atoms with van der Waals surface area (Å²) < 4.78 is 4.90. The minimum atomic E-state index is 0.617. The van der Waals surface area contributed by atoms with Crippen LogP contribution in [0.5, 0.6) is 0 Å². The predicted octanol–water partition coefficient (Wildman–Crippen LogP) is 2.45.